The lowest BCUT2D eigenvalue weighted by molar-refractivity contribution is 0.0689. The Kier molecular flexibility index (Phi) is 4.80. The Bertz CT molecular complexity index is 381. The number of carboxylic acids is 1. The number of terminal acetylenes is 1. The maximum absolute atomic E-state index is 10.5. The second-order valence-electron chi connectivity index (χ2n) is 3.20. The van der Waals surface area contributed by atoms with Gasteiger partial charge in [-0.25, -0.2) is 4.79 Å². The van der Waals surface area contributed by atoms with Gasteiger partial charge in [-0.15, -0.1) is 22.5 Å². The first-order valence-electron chi connectivity index (χ1n) is 4.98. The van der Waals surface area contributed by atoms with Gasteiger partial charge in [-0.2, -0.15) is 0 Å². The topological polar surface area (TPSA) is 75.1 Å². The smallest absolute Gasteiger partial charge is 0.356 e. The van der Waals surface area contributed by atoms with Gasteiger partial charge < -0.3 is 10.4 Å². The van der Waals surface area contributed by atoms with E-state index in [9.17, 15) is 4.79 Å². The molecule has 5 nitrogen and oxygen atoms in total. The van der Waals surface area contributed by atoms with Crippen molar-refractivity contribution in [2.45, 2.75) is 19.3 Å². The lowest BCUT2D eigenvalue weighted by Gasteiger charge is -2.03. The fourth-order valence-corrected chi connectivity index (χ4v) is 1.11. The Morgan fingerprint density at radius 2 is 2.25 bits per heavy atom. The molecule has 0 spiro atoms. The van der Waals surface area contributed by atoms with E-state index in [1.54, 1.807) is 6.07 Å². The van der Waals surface area contributed by atoms with Crippen molar-refractivity contribution in [3.63, 3.8) is 0 Å². The number of hydrogen-bond donors (Lipinski definition) is 2. The van der Waals surface area contributed by atoms with Gasteiger partial charge >= 0.3 is 5.97 Å². The molecule has 0 aliphatic rings. The van der Waals surface area contributed by atoms with E-state index in [0.717, 1.165) is 25.8 Å². The Morgan fingerprint density at radius 1 is 1.44 bits per heavy atom. The van der Waals surface area contributed by atoms with Gasteiger partial charge in [-0.3, -0.25) is 0 Å². The molecule has 0 bridgehead atoms. The van der Waals surface area contributed by atoms with Gasteiger partial charge in [0.2, 0.25) is 0 Å². The van der Waals surface area contributed by atoms with Crippen LogP contribution >= 0.6 is 0 Å². The highest BCUT2D eigenvalue weighted by Gasteiger charge is 2.04. The van der Waals surface area contributed by atoms with Crippen molar-refractivity contribution in [1.82, 2.24) is 10.2 Å². The lowest BCUT2D eigenvalue weighted by atomic mass is 10.2. The largest absolute Gasteiger partial charge is 0.476 e. The van der Waals surface area contributed by atoms with Crippen molar-refractivity contribution in [3.05, 3.63) is 17.8 Å². The van der Waals surface area contributed by atoms with Crippen molar-refractivity contribution >= 4 is 11.8 Å². The van der Waals surface area contributed by atoms with Gasteiger partial charge in [0.15, 0.2) is 5.69 Å². The zero-order valence-electron chi connectivity index (χ0n) is 8.81. The van der Waals surface area contributed by atoms with Crippen molar-refractivity contribution in [2.75, 3.05) is 11.9 Å². The molecule has 2 N–H and O–H groups in total. The highest BCUT2D eigenvalue weighted by atomic mass is 16.4. The van der Waals surface area contributed by atoms with E-state index in [1.807, 2.05) is 0 Å². The van der Waals surface area contributed by atoms with Crippen LogP contribution < -0.4 is 5.32 Å². The number of carbonyl (C=O) groups is 1. The summed E-state index contributed by atoms with van der Waals surface area (Å²) in [5, 5.41) is 18.9. The van der Waals surface area contributed by atoms with Crippen LogP contribution in [0.15, 0.2) is 12.1 Å². The first kappa shape index (κ1) is 12.0. The number of carboxylic acid groups (broad SMARTS) is 1. The minimum atomic E-state index is -1.08. The first-order chi connectivity index (χ1) is 7.74. The Hall–Kier alpha value is -2.09. The fraction of sp³-hybridized carbons (Fsp3) is 0.364. The van der Waals surface area contributed by atoms with E-state index in [1.165, 1.54) is 6.07 Å². The van der Waals surface area contributed by atoms with E-state index in [0.29, 0.717) is 5.82 Å². The second-order valence-corrected chi connectivity index (χ2v) is 3.20. The summed E-state index contributed by atoms with van der Waals surface area (Å²) in [7, 11) is 0. The predicted molar refractivity (Wildman–Crippen MR) is 60.2 cm³/mol. The fourth-order valence-electron chi connectivity index (χ4n) is 1.11. The van der Waals surface area contributed by atoms with Gasteiger partial charge in [-0.1, -0.05) is 0 Å². The van der Waals surface area contributed by atoms with E-state index in [4.69, 9.17) is 11.5 Å². The average Bonchev–Trinajstić information content (AvgIpc) is 2.29. The van der Waals surface area contributed by atoms with E-state index >= 15 is 0 Å². The summed E-state index contributed by atoms with van der Waals surface area (Å²) in [6, 6.07) is 3.01. The molecule has 1 aromatic rings. The lowest BCUT2D eigenvalue weighted by Crippen LogP contribution is -2.07. The summed E-state index contributed by atoms with van der Waals surface area (Å²) in [4.78, 5) is 10.5. The molecule has 0 radical (unpaired) electrons. The van der Waals surface area contributed by atoms with Crippen molar-refractivity contribution in [3.8, 4) is 12.3 Å². The standard InChI is InChI=1S/C11H13N3O2/c1-2-3-4-5-8-12-10-7-6-9(11(15)16)13-14-10/h1,6-7H,3-5,8H2,(H,12,14)(H,15,16). The summed E-state index contributed by atoms with van der Waals surface area (Å²) in [5.74, 6) is 2.06. The summed E-state index contributed by atoms with van der Waals surface area (Å²) < 4.78 is 0. The molecule has 16 heavy (non-hydrogen) atoms. The normalized spacial score (nSPS) is 9.44. The quantitative estimate of drug-likeness (QED) is 0.558. The van der Waals surface area contributed by atoms with Crippen molar-refractivity contribution < 1.29 is 9.90 Å². The number of nitrogens with one attached hydrogen (secondary N) is 1. The van der Waals surface area contributed by atoms with E-state index in [-0.39, 0.29) is 5.69 Å². The molecule has 84 valence electrons. The number of rotatable bonds is 6. The Balaban J connectivity index is 2.33. The van der Waals surface area contributed by atoms with Gasteiger partial charge in [0.25, 0.3) is 0 Å². The maximum Gasteiger partial charge on any atom is 0.356 e. The number of nitrogens with zero attached hydrogens (tertiary/aromatic N) is 2. The first-order valence-corrected chi connectivity index (χ1v) is 4.98. The number of hydrogen-bond acceptors (Lipinski definition) is 4. The van der Waals surface area contributed by atoms with E-state index < -0.39 is 5.97 Å². The minimum absolute atomic E-state index is 0.0575. The van der Waals surface area contributed by atoms with Crippen LogP contribution in [0.2, 0.25) is 0 Å². The maximum atomic E-state index is 10.5. The molecular weight excluding hydrogens is 206 g/mol. The van der Waals surface area contributed by atoms with Gasteiger partial charge in [0.1, 0.15) is 5.82 Å². The number of aromatic carboxylic acids is 1. The average molecular weight is 219 g/mol. The van der Waals surface area contributed by atoms with Crippen LogP contribution in [0.1, 0.15) is 29.8 Å². The Labute approximate surface area is 93.9 Å². The van der Waals surface area contributed by atoms with Crippen LogP contribution in [0, 0.1) is 12.3 Å². The number of aromatic nitrogens is 2. The predicted octanol–water partition coefficient (Wildman–Crippen LogP) is 1.39. The molecule has 0 atom stereocenters. The molecule has 0 amide bonds. The van der Waals surface area contributed by atoms with Crippen molar-refractivity contribution in [1.29, 1.82) is 0 Å². The minimum Gasteiger partial charge on any atom is -0.476 e. The highest BCUT2D eigenvalue weighted by Crippen LogP contribution is 2.03. The molecule has 0 saturated carbocycles. The second kappa shape index (κ2) is 6.40. The van der Waals surface area contributed by atoms with Crippen LogP contribution in [-0.4, -0.2) is 27.8 Å². The third kappa shape index (κ3) is 3.96. The van der Waals surface area contributed by atoms with Crippen LogP contribution in [0.3, 0.4) is 0 Å². The van der Waals surface area contributed by atoms with Gasteiger partial charge in [0, 0.05) is 13.0 Å². The monoisotopic (exact) mass is 219 g/mol. The van der Waals surface area contributed by atoms with Crippen LogP contribution in [-0.2, 0) is 0 Å². The molecule has 0 aliphatic carbocycles. The summed E-state index contributed by atoms with van der Waals surface area (Å²) >= 11 is 0. The third-order valence-electron chi connectivity index (χ3n) is 1.94. The molecule has 0 fully saturated rings. The highest BCUT2D eigenvalue weighted by molar-refractivity contribution is 5.85. The molecule has 0 saturated heterocycles. The molecular formula is C11H13N3O2. The zero-order chi connectivity index (χ0) is 11.8. The van der Waals surface area contributed by atoms with Crippen LogP contribution in [0.4, 0.5) is 5.82 Å². The molecule has 1 heterocycles. The SMILES string of the molecule is C#CCCCCNc1ccc(C(=O)O)nn1. The Morgan fingerprint density at radius 3 is 2.81 bits per heavy atom. The third-order valence-corrected chi connectivity index (χ3v) is 1.94. The van der Waals surface area contributed by atoms with Crippen molar-refractivity contribution in [2.24, 2.45) is 0 Å². The van der Waals surface area contributed by atoms with E-state index in [2.05, 4.69) is 21.4 Å². The van der Waals surface area contributed by atoms with Crippen LogP contribution in [0.5, 0.6) is 0 Å². The molecule has 1 aromatic heterocycles. The molecule has 0 aromatic carbocycles. The number of anilines is 1. The van der Waals surface area contributed by atoms with Gasteiger partial charge in [0.05, 0.1) is 0 Å². The summed E-state index contributed by atoms with van der Waals surface area (Å²) in [5.41, 5.74) is -0.0575. The molecule has 0 aliphatic heterocycles. The van der Waals surface area contributed by atoms with Gasteiger partial charge in [-0.05, 0) is 25.0 Å². The zero-order valence-corrected chi connectivity index (χ0v) is 8.81. The summed E-state index contributed by atoms with van der Waals surface area (Å²) in [6.45, 7) is 0.753. The van der Waals surface area contributed by atoms with Crippen LogP contribution in [0.25, 0.3) is 0 Å². The molecule has 1 rings (SSSR count). The molecule has 0 unspecified atom stereocenters. The summed E-state index contributed by atoms with van der Waals surface area (Å²) in [6.07, 6.45) is 7.80. The number of unbranched alkanes of at least 4 members (excludes halogenated alkanes) is 2. The molecule has 5 heteroatoms.